The van der Waals surface area contributed by atoms with Crippen molar-refractivity contribution in [3.63, 3.8) is 0 Å². The highest BCUT2D eigenvalue weighted by molar-refractivity contribution is 7.47. The summed E-state index contributed by atoms with van der Waals surface area (Å²) in [5.41, 5.74) is 0. The van der Waals surface area contributed by atoms with Crippen LogP contribution in [0, 0.1) is 0 Å². The van der Waals surface area contributed by atoms with E-state index >= 15 is 0 Å². The Balaban J connectivity index is 4.84. The number of esters is 2. The molecular formula is C48H78O15P2. The first-order valence-electron chi connectivity index (χ1n) is 22.8. The van der Waals surface area contributed by atoms with Crippen LogP contribution in [0.5, 0.6) is 0 Å². The fourth-order valence-electron chi connectivity index (χ4n) is 5.34. The number of hydrogen-bond acceptors (Lipinski definition) is 12. The maximum atomic E-state index is 12.7. The first kappa shape index (κ1) is 61.7. The molecule has 0 saturated heterocycles. The molecule has 0 aliphatic rings. The van der Waals surface area contributed by atoms with Crippen LogP contribution in [0.3, 0.4) is 0 Å². The van der Waals surface area contributed by atoms with E-state index in [2.05, 4.69) is 40.3 Å². The van der Waals surface area contributed by atoms with Gasteiger partial charge in [-0.15, -0.1) is 0 Å². The van der Waals surface area contributed by atoms with E-state index in [0.717, 1.165) is 25.7 Å². The lowest BCUT2D eigenvalue weighted by Gasteiger charge is -2.20. The molecule has 5 atom stereocenters. The number of rotatable bonds is 41. The van der Waals surface area contributed by atoms with Gasteiger partial charge < -0.3 is 39.5 Å². The summed E-state index contributed by atoms with van der Waals surface area (Å²) in [6.45, 7) is 1.27. The Bertz CT molecular complexity index is 1590. The summed E-state index contributed by atoms with van der Waals surface area (Å²) < 4.78 is 47.6. The van der Waals surface area contributed by atoms with Crippen molar-refractivity contribution in [2.24, 2.45) is 0 Å². The van der Waals surface area contributed by atoms with Crippen molar-refractivity contribution in [3.05, 3.63) is 109 Å². The SMILES string of the molecule is CC/C=C\C[C@H](O)/C=C/C=C\C/C=C\C=C\[C@H](O)/C=C\CCCC(=O)O[C@H](COC(=O)CCC/C=C\C/C=C\C/C=C\CCCCCCCC)COP(=O)(O)OC[C@@H](O)COP(=O)(O)O. The Morgan fingerprint density at radius 1 is 0.538 bits per heavy atom. The van der Waals surface area contributed by atoms with E-state index in [9.17, 15) is 38.9 Å². The Hall–Kier alpha value is -3.30. The fraction of sp³-hybridized carbons (Fsp3) is 0.583. The zero-order valence-corrected chi connectivity index (χ0v) is 40.3. The smallest absolute Gasteiger partial charge is 0.462 e. The van der Waals surface area contributed by atoms with Gasteiger partial charge >= 0.3 is 27.6 Å². The van der Waals surface area contributed by atoms with Crippen LogP contribution in [0.25, 0.3) is 0 Å². The molecule has 6 N–H and O–H groups in total. The predicted molar refractivity (Wildman–Crippen MR) is 255 cm³/mol. The van der Waals surface area contributed by atoms with Gasteiger partial charge in [-0.2, -0.15) is 0 Å². The highest BCUT2D eigenvalue weighted by Crippen LogP contribution is 2.43. The summed E-state index contributed by atoms with van der Waals surface area (Å²) in [5, 5.41) is 29.8. The maximum absolute atomic E-state index is 12.7. The quantitative estimate of drug-likeness (QED) is 0.0110. The average molecular weight is 957 g/mol. The van der Waals surface area contributed by atoms with Crippen molar-refractivity contribution in [1.82, 2.24) is 0 Å². The number of phosphoric acid groups is 2. The van der Waals surface area contributed by atoms with Gasteiger partial charge in [-0.05, 0) is 70.6 Å². The third-order valence-corrected chi connectivity index (χ3v) is 10.2. The first-order chi connectivity index (χ1) is 31.2. The number of unbranched alkanes of at least 4 members (excludes halogenated alkanes) is 8. The van der Waals surface area contributed by atoms with Crippen molar-refractivity contribution in [2.45, 2.75) is 154 Å². The largest absolute Gasteiger partial charge is 0.472 e. The molecule has 0 heterocycles. The first-order valence-corrected chi connectivity index (χ1v) is 25.8. The summed E-state index contributed by atoms with van der Waals surface area (Å²) in [6.07, 6.45) is 44.5. The lowest BCUT2D eigenvalue weighted by Crippen LogP contribution is -2.29. The number of hydrogen-bond donors (Lipinski definition) is 6. The molecule has 0 saturated carbocycles. The number of ether oxygens (including phenoxy) is 2. The molecule has 0 spiro atoms. The van der Waals surface area contributed by atoms with Gasteiger partial charge in [-0.3, -0.25) is 23.2 Å². The van der Waals surface area contributed by atoms with Crippen LogP contribution in [-0.4, -0.2) is 92.8 Å². The summed E-state index contributed by atoms with van der Waals surface area (Å²) in [6, 6.07) is 0. The highest BCUT2D eigenvalue weighted by Gasteiger charge is 2.28. The number of phosphoric ester groups is 2. The molecule has 0 aromatic heterocycles. The summed E-state index contributed by atoms with van der Waals surface area (Å²) in [5.74, 6) is -1.29. The maximum Gasteiger partial charge on any atom is 0.472 e. The van der Waals surface area contributed by atoms with E-state index in [0.29, 0.717) is 38.5 Å². The van der Waals surface area contributed by atoms with Gasteiger partial charge in [0.2, 0.25) is 0 Å². The highest BCUT2D eigenvalue weighted by atomic mass is 31.2. The van der Waals surface area contributed by atoms with Crippen LogP contribution in [0.2, 0.25) is 0 Å². The molecule has 0 aromatic carbocycles. The molecule has 17 heteroatoms. The number of carbonyl (C=O) groups excluding carboxylic acids is 2. The average Bonchev–Trinajstić information content (AvgIpc) is 3.26. The minimum absolute atomic E-state index is 0.0719. The normalized spacial score (nSPS) is 15.9. The third kappa shape index (κ3) is 45.6. The van der Waals surface area contributed by atoms with Gasteiger partial charge in [0.15, 0.2) is 6.10 Å². The molecule has 0 aromatic rings. The van der Waals surface area contributed by atoms with Gasteiger partial charge in [-0.25, -0.2) is 9.13 Å². The molecule has 0 aliphatic carbocycles. The second-order valence-corrected chi connectivity index (χ2v) is 17.7. The topological polar surface area (TPSA) is 236 Å². The molecule has 65 heavy (non-hydrogen) atoms. The summed E-state index contributed by atoms with van der Waals surface area (Å²) in [7, 11) is -9.78. The molecular weight excluding hydrogens is 878 g/mol. The van der Waals surface area contributed by atoms with Crippen molar-refractivity contribution in [3.8, 4) is 0 Å². The van der Waals surface area contributed by atoms with Gasteiger partial charge in [0.1, 0.15) is 12.7 Å². The number of aliphatic hydroxyl groups excluding tert-OH is 3. The van der Waals surface area contributed by atoms with Crippen molar-refractivity contribution in [2.75, 3.05) is 26.4 Å². The lowest BCUT2D eigenvalue weighted by atomic mass is 10.1. The Morgan fingerprint density at radius 3 is 1.75 bits per heavy atom. The Labute approximate surface area is 387 Å². The molecule has 0 amide bonds. The van der Waals surface area contributed by atoms with Gasteiger partial charge in [0, 0.05) is 12.8 Å². The van der Waals surface area contributed by atoms with E-state index in [1.54, 1.807) is 42.5 Å². The van der Waals surface area contributed by atoms with E-state index in [1.165, 1.54) is 38.5 Å². The zero-order valence-electron chi connectivity index (χ0n) is 38.5. The zero-order chi connectivity index (χ0) is 48.3. The van der Waals surface area contributed by atoms with Crippen LogP contribution in [-0.2, 0) is 41.8 Å². The minimum atomic E-state index is -4.90. The van der Waals surface area contributed by atoms with Gasteiger partial charge in [0.05, 0.1) is 32.0 Å². The second-order valence-electron chi connectivity index (χ2n) is 15.0. The number of aliphatic hydroxyl groups is 3. The van der Waals surface area contributed by atoms with Crippen LogP contribution in [0.4, 0.5) is 0 Å². The molecule has 0 fully saturated rings. The van der Waals surface area contributed by atoms with E-state index in [1.807, 2.05) is 49.5 Å². The van der Waals surface area contributed by atoms with Crippen LogP contribution in [0.1, 0.15) is 129 Å². The molecule has 0 bridgehead atoms. The minimum Gasteiger partial charge on any atom is -0.462 e. The molecule has 0 radical (unpaired) electrons. The molecule has 0 rings (SSSR count). The Kier molecular flexibility index (Phi) is 39.9. The third-order valence-electron chi connectivity index (χ3n) is 8.81. The van der Waals surface area contributed by atoms with Gasteiger partial charge in [0.25, 0.3) is 0 Å². The van der Waals surface area contributed by atoms with E-state index < -0.39 is 78.4 Å². The molecule has 15 nitrogen and oxygen atoms in total. The van der Waals surface area contributed by atoms with Crippen LogP contribution < -0.4 is 0 Å². The Morgan fingerprint density at radius 2 is 1.09 bits per heavy atom. The summed E-state index contributed by atoms with van der Waals surface area (Å²) >= 11 is 0. The van der Waals surface area contributed by atoms with Crippen molar-refractivity contribution in [1.29, 1.82) is 0 Å². The van der Waals surface area contributed by atoms with Crippen molar-refractivity contribution < 1.29 is 71.8 Å². The molecule has 1 unspecified atom stereocenters. The van der Waals surface area contributed by atoms with Crippen LogP contribution >= 0.6 is 15.6 Å². The number of allylic oxidation sites excluding steroid dienone is 14. The number of carbonyl (C=O) groups is 2. The van der Waals surface area contributed by atoms with E-state index in [4.69, 9.17) is 23.8 Å². The lowest BCUT2D eigenvalue weighted by molar-refractivity contribution is -0.161. The molecule has 0 aliphatic heterocycles. The second kappa shape index (κ2) is 42.1. The monoisotopic (exact) mass is 956 g/mol. The molecule has 370 valence electrons. The van der Waals surface area contributed by atoms with Crippen LogP contribution in [0.15, 0.2) is 109 Å². The summed E-state index contributed by atoms with van der Waals surface area (Å²) in [4.78, 5) is 52.7. The van der Waals surface area contributed by atoms with Crippen molar-refractivity contribution >= 4 is 27.6 Å². The fourth-order valence-corrected chi connectivity index (χ4v) is 6.49. The predicted octanol–water partition coefficient (Wildman–Crippen LogP) is 9.83. The standard InChI is InChI=1S/C48H78O15P2/c1-3-5-7-8-9-10-11-12-13-14-15-16-17-18-22-25-31-37-47(52)59-41-46(42-62-65(57,58)61-40-45(51)39-60-64(54,55)56)63-48(53)38-32-26-30-36-44(50)35-29-24-21-19-20-23-28-34-43(49)33-27-6-4-2/h6,12-13,15-16,18,20-24,27-30,34-36,43-46,49-51H,3-5,7-11,14,17,19,25-26,31-33,37-42H2,1-2H3,(H,57,58)(H2,54,55,56)/b13-12-,16-15-,22-18-,23-20-,24-21-,27-6-,34-28+,35-29+,36-30-/t43-,44-,45-,46+/m0/s1. The van der Waals surface area contributed by atoms with E-state index in [-0.39, 0.29) is 12.8 Å². The van der Waals surface area contributed by atoms with Gasteiger partial charge in [-0.1, -0.05) is 155 Å².